The first-order chi connectivity index (χ1) is 15.0. The van der Waals surface area contributed by atoms with Gasteiger partial charge in [0.1, 0.15) is 0 Å². The van der Waals surface area contributed by atoms with Crippen LogP contribution in [-0.4, -0.2) is 89.6 Å². The molecular weight excluding hydrogens is 460 g/mol. The van der Waals surface area contributed by atoms with E-state index >= 15 is 0 Å². The first kappa shape index (κ1) is 28.8. The summed E-state index contributed by atoms with van der Waals surface area (Å²) in [6.07, 6.45) is -7.59. The van der Waals surface area contributed by atoms with Crippen molar-refractivity contribution in [3.63, 3.8) is 0 Å². The maximum Gasteiger partial charge on any atom is 0.349 e. The van der Waals surface area contributed by atoms with Crippen molar-refractivity contribution in [2.24, 2.45) is 0 Å². The van der Waals surface area contributed by atoms with Crippen LogP contribution in [0, 0.1) is 0 Å². The van der Waals surface area contributed by atoms with E-state index in [9.17, 15) is 48.6 Å². The lowest BCUT2D eigenvalue weighted by molar-refractivity contribution is -0.187. The number of hydrogen-bond donors (Lipinski definition) is 6. The van der Waals surface area contributed by atoms with Crippen LogP contribution in [0.2, 0.25) is 0 Å². The van der Waals surface area contributed by atoms with E-state index in [1.807, 2.05) is 0 Å². The van der Waals surface area contributed by atoms with Crippen LogP contribution < -0.4 is 0 Å². The summed E-state index contributed by atoms with van der Waals surface area (Å²) in [5.41, 5.74) is -5.87. The molecule has 16 heteroatoms. The van der Waals surface area contributed by atoms with Crippen LogP contribution in [0.1, 0.15) is 44.9 Å². The van der Waals surface area contributed by atoms with E-state index in [0.717, 1.165) is 0 Å². The minimum Gasteiger partial charge on any atom is -0.481 e. The van der Waals surface area contributed by atoms with Crippen LogP contribution >= 0.6 is 0 Å². The standard InChI is InChI=1S/C17H20O16/c18-8(19)4-16(14(28)29,5-9(20)21)32-12(26)2-1-3-13(27)33-17(15(30)31,6-10(22)23)7-11(24)25/h1-7H2,(H,18,19)(H,20,21)(H,22,23)(H,24,25)(H,28,29)(H,30,31). The van der Waals surface area contributed by atoms with Crippen molar-refractivity contribution in [1.82, 2.24) is 0 Å². The zero-order valence-electron chi connectivity index (χ0n) is 16.7. The van der Waals surface area contributed by atoms with Gasteiger partial charge < -0.3 is 40.1 Å². The van der Waals surface area contributed by atoms with Crippen LogP contribution in [0.3, 0.4) is 0 Å². The normalized spacial score (nSPS) is 11.2. The third-order valence-corrected chi connectivity index (χ3v) is 3.91. The summed E-state index contributed by atoms with van der Waals surface area (Å²) in [5, 5.41) is 53.6. The Hall–Kier alpha value is -4.24. The highest BCUT2D eigenvalue weighted by atomic mass is 16.6. The molecule has 0 saturated carbocycles. The number of hydrogen-bond acceptors (Lipinski definition) is 10. The zero-order valence-corrected chi connectivity index (χ0v) is 16.7. The van der Waals surface area contributed by atoms with Crippen molar-refractivity contribution < 1.29 is 78.5 Å². The number of carboxylic acids is 6. The molecule has 0 bridgehead atoms. The van der Waals surface area contributed by atoms with E-state index in [0.29, 0.717) is 0 Å². The Kier molecular flexibility index (Phi) is 10.4. The lowest BCUT2D eigenvalue weighted by Gasteiger charge is -2.27. The van der Waals surface area contributed by atoms with Gasteiger partial charge in [0.2, 0.25) is 11.2 Å². The highest BCUT2D eigenvalue weighted by Crippen LogP contribution is 2.25. The SMILES string of the molecule is O=C(O)CC(CC(=O)O)(OC(=O)CCCC(=O)OC(CC(=O)O)(CC(=O)O)C(=O)O)C(=O)O. The zero-order chi connectivity index (χ0) is 26.0. The molecule has 0 fully saturated rings. The van der Waals surface area contributed by atoms with Gasteiger partial charge in [-0.05, 0) is 6.42 Å². The molecular formula is C17H20O16. The molecule has 0 radical (unpaired) electrons. The summed E-state index contributed by atoms with van der Waals surface area (Å²) in [6.45, 7) is 0. The van der Waals surface area contributed by atoms with Gasteiger partial charge in [0.25, 0.3) is 0 Å². The molecule has 0 aromatic carbocycles. The molecule has 0 aromatic rings. The second-order valence-corrected chi connectivity index (χ2v) is 6.68. The number of esters is 2. The molecule has 0 aliphatic carbocycles. The number of aliphatic carboxylic acids is 6. The number of carbonyl (C=O) groups excluding carboxylic acids is 2. The van der Waals surface area contributed by atoms with Gasteiger partial charge in [-0.15, -0.1) is 0 Å². The first-order valence-corrected chi connectivity index (χ1v) is 8.83. The van der Waals surface area contributed by atoms with Gasteiger partial charge in [-0.3, -0.25) is 28.8 Å². The minimum absolute atomic E-state index is 0.511. The molecule has 16 nitrogen and oxygen atoms in total. The molecule has 33 heavy (non-hydrogen) atoms. The summed E-state index contributed by atoms with van der Waals surface area (Å²) in [7, 11) is 0. The van der Waals surface area contributed by atoms with Crippen LogP contribution in [0.15, 0.2) is 0 Å². The largest absolute Gasteiger partial charge is 0.481 e. The second kappa shape index (κ2) is 12.0. The van der Waals surface area contributed by atoms with Crippen molar-refractivity contribution in [3.05, 3.63) is 0 Å². The topological polar surface area (TPSA) is 276 Å². The Bertz CT molecular complexity index is 740. The van der Waals surface area contributed by atoms with Gasteiger partial charge in [0.05, 0.1) is 25.7 Å². The molecule has 184 valence electrons. The van der Waals surface area contributed by atoms with Crippen molar-refractivity contribution in [3.8, 4) is 0 Å². The quantitative estimate of drug-likeness (QED) is 0.141. The summed E-state index contributed by atoms with van der Waals surface area (Å²) in [4.78, 5) is 90.1. The molecule has 0 amide bonds. The Morgan fingerprint density at radius 2 is 0.727 bits per heavy atom. The number of ether oxygens (including phenoxy) is 2. The van der Waals surface area contributed by atoms with E-state index < -0.39 is 104 Å². The molecule has 0 aliphatic heterocycles. The van der Waals surface area contributed by atoms with Crippen LogP contribution in [0.4, 0.5) is 0 Å². The Balaban J connectivity index is 5.24. The molecule has 0 rings (SSSR count). The molecule has 0 heterocycles. The van der Waals surface area contributed by atoms with E-state index in [-0.39, 0.29) is 0 Å². The Morgan fingerprint density at radius 3 is 0.909 bits per heavy atom. The highest BCUT2D eigenvalue weighted by Gasteiger charge is 2.48. The van der Waals surface area contributed by atoms with Gasteiger partial charge in [-0.25, -0.2) is 9.59 Å². The lowest BCUT2D eigenvalue weighted by Crippen LogP contribution is -2.47. The summed E-state index contributed by atoms with van der Waals surface area (Å²) >= 11 is 0. The molecule has 0 atom stereocenters. The smallest absolute Gasteiger partial charge is 0.349 e. The van der Waals surface area contributed by atoms with Crippen molar-refractivity contribution in [1.29, 1.82) is 0 Å². The van der Waals surface area contributed by atoms with Gasteiger partial charge >= 0.3 is 47.8 Å². The van der Waals surface area contributed by atoms with Crippen molar-refractivity contribution >= 4 is 47.8 Å². The lowest BCUT2D eigenvalue weighted by atomic mass is 9.95. The fourth-order valence-electron chi connectivity index (χ4n) is 2.55. The van der Waals surface area contributed by atoms with E-state index in [4.69, 9.17) is 20.4 Å². The van der Waals surface area contributed by atoms with Gasteiger partial charge in [-0.1, -0.05) is 0 Å². The van der Waals surface area contributed by atoms with Crippen LogP contribution in [-0.2, 0) is 47.8 Å². The Labute approximate surface area is 183 Å². The fourth-order valence-corrected chi connectivity index (χ4v) is 2.55. The van der Waals surface area contributed by atoms with Gasteiger partial charge in [0.15, 0.2) is 0 Å². The van der Waals surface area contributed by atoms with Crippen molar-refractivity contribution in [2.75, 3.05) is 0 Å². The molecule has 6 N–H and O–H groups in total. The van der Waals surface area contributed by atoms with Crippen LogP contribution in [0.5, 0.6) is 0 Å². The fraction of sp³-hybridized carbons (Fsp3) is 0.529. The monoisotopic (exact) mass is 480 g/mol. The van der Waals surface area contributed by atoms with Gasteiger partial charge in [0, 0.05) is 12.8 Å². The van der Waals surface area contributed by atoms with E-state index in [2.05, 4.69) is 9.47 Å². The predicted molar refractivity (Wildman–Crippen MR) is 95.8 cm³/mol. The average Bonchev–Trinajstić information content (AvgIpc) is 2.58. The predicted octanol–water partition coefficient (Wildman–Crippen LogP) is -1.21. The highest BCUT2D eigenvalue weighted by molar-refractivity contribution is 5.92. The van der Waals surface area contributed by atoms with Gasteiger partial charge in [-0.2, -0.15) is 0 Å². The van der Waals surface area contributed by atoms with E-state index in [1.165, 1.54) is 0 Å². The molecule has 0 spiro atoms. The van der Waals surface area contributed by atoms with Crippen molar-refractivity contribution in [2.45, 2.75) is 56.1 Å². The molecule has 0 unspecified atom stereocenters. The maximum atomic E-state index is 11.9. The molecule has 0 aromatic heterocycles. The first-order valence-electron chi connectivity index (χ1n) is 8.83. The average molecular weight is 480 g/mol. The number of carbonyl (C=O) groups is 8. The van der Waals surface area contributed by atoms with E-state index in [1.54, 1.807) is 0 Å². The summed E-state index contributed by atoms with van der Waals surface area (Å²) in [6, 6.07) is 0. The summed E-state index contributed by atoms with van der Waals surface area (Å²) in [5.74, 6) is -14.0. The number of rotatable bonds is 16. The number of carboxylic acid groups (broad SMARTS) is 6. The Morgan fingerprint density at radius 1 is 0.485 bits per heavy atom. The maximum absolute atomic E-state index is 11.9. The van der Waals surface area contributed by atoms with Crippen LogP contribution in [0.25, 0.3) is 0 Å². The molecule has 0 aliphatic rings. The summed E-state index contributed by atoms with van der Waals surface area (Å²) < 4.78 is 9.09. The second-order valence-electron chi connectivity index (χ2n) is 6.68. The third-order valence-electron chi connectivity index (χ3n) is 3.91. The minimum atomic E-state index is -2.93. The third kappa shape index (κ3) is 9.62. The molecule has 0 saturated heterocycles.